The fraction of sp³-hybridized carbons (Fsp3) is 0.469. The number of aromatic nitrogens is 2. The number of likely N-dealkylation sites (N-methyl/N-ethyl adjacent to an activating group) is 1. The van der Waals surface area contributed by atoms with E-state index in [4.69, 9.17) is 0 Å². The molecule has 3 aromatic carbocycles. The van der Waals surface area contributed by atoms with Crippen LogP contribution in [-0.2, 0) is 9.59 Å². The highest BCUT2D eigenvalue weighted by Gasteiger charge is 2.35. The highest BCUT2D eigenvalue weighted by Crippen LogP contribution is 2.44. The molecule has 2 N–H and O–H groups in total. The monoisotopic (exact) mass is 929 g/mol. The van der Waals surface area contributed by atoms with E-state index in [9.17, 15) is 23.6 Å². The molecule has 4 heterocycles. The van der Waals surface area contributed by atoms with Crippen molar-refractivity contribution in [1.29, 1.82) is 0 Å². The minimum atomic E-state index is -0.884. The number of fused-ring (bicyclic) bond motifs is 1. The normalized spacial score (nSPS) is 17.5. The van der Waals surface area contributed by atoms with Gasteiger partial charge in [-0.1, -0.05) is 13.3 Å². The molecule has 1 aromatic heterocycles. The van der Waals surface area contributed by atoms with Crippen LogP contribution in [0.15, 0.2) is 65.7 Å². The van der Waals surface area contributed by atoms with E-state index in [-0.39, 0.29) is 41.4 Å². The average Bonchev–Trinajstić information content (AvgIpc) is 3.56. The maximum absolute atomic E-state index is 15.4. The molecular weight excluding hydrogens is 868 g/mol. The van der Waals surface area contributed by atoms with Crippen LogP contribution in [0.2, 0.25) is 0 Å². The number of halogens is 3. The van der Waals surface area contributed by atoms with E-state index in [0.717, 1.165) is 40.5 Å². The van der Waals surface area contributed by atoms with E-state index in [0.29, 0.717) is 35.6 Å². The van der Waals surface area contributed by atoms with Crippen molar-refractivity contribution in [2.45, 2.75) is 94.6 Å². The Balaban J connectivity index is 0.000000277. The Hall–Kier alpha value is -5.52. The Labute approximate surface area is 390 Å². The van der Waals surface area contributed by atoms with Crippen molar-refractivity contribution in [2.75, 3.05) is 69.0 Å². The molecule has 17 heteroatoms. The molecule has 2 saturated heterocycles. The summed E-state index contributed by atoms with van der Waals surface area (Å²) in [4.78, 5) is 65.8. The number of carbonyl (C=O) groups is 4. The number of piperidine rings is 2. The van der Waals surface area contributed by atoms with Crippen molar-refractivity contribution < 1.29 is 32.3 Å². The summed E-state index contributed by atoms with van der Waals surface area (Å²) in [5.41, 5.74) is 2.46. The molecule has 66 heavy (non-hydrogen) atoms. The van der Waals surface area contributed by atoms with Crippen LogP contribution in [0.1, 0.15) is 86.9 Å². The lowest BCUT2D eigenvalue weighted by Crippen LogP contribution is -2.47. The van der Waals surface area contributed by atoms with Gasteiger partial charge in [0.15, 0.2) is 12.1 Å². The molecule has 3 aliphatic heterocycles. The summed E-state index contributed by atoms with van der Waals surface area (Å²) in [6.07, 6.45) is 7.84. The summed E-state index contributed by atoms with van der Waals surface area (Å²) < 4.78 is 43.7. The molecule has 2 atom stereocenters. The Morgan fingerprint density at radius 1 is 0.939 bits per heavy atom. The number of benzene rings is 3. The topological polar surface area (TPSA) is 134 Å². The SMILES string of the molecule is CC(C)N1c2cc(-c3nc(Nc4ccc(SC5CCN(CC6CCN(C)CC6)CC5)cc4)ncc3F)cc(F)c2N(C)C1C.CCCC(C(=O)NC=O)N(C)C(=O)c1cc(F)ccc1C=O. The third kappa shape index (κ3) is 12.1. The van der Waals surface area contributed by atoms with Crippen molar-refractivity contribution in [1.82, 2.24) is 30.0 Å². The number of hydrogen-bond donors (Lipinski definition) is 2. The smallest absolute Gasteiger partial charge is 0.255 e. The molecule has 7 rings (SSSR count). The Bertz CT molecular complexity index is 2320. The molecule has 0 bridgehead atoms. The third-order valence-electron chi connectivity index (χ3n) is 12.7. The highest BCUT2D eigenvalue weighted by atomic mass is 32.2. The summed E-state index contributed by atoms with van der Waals surface area (Å²) in [6, 6.07) is 13.9. The van der Waals surface area contributed by atoms with Gasteiger partial charge in [0.2, 0.25) is 18.3 Å². The summed E-state index contributed by atoms with van der Waals surface area (Å²) in [7, 11) is 5.48. The van der Waals surface area contributed by atoms with E-state index in [1.807, 2.05) is 61.1 Å². The minimum absolute atomic E-state index is 0.00913. The largest absolute Gasteiger partial charge is 0.350 e. The number of carbonyl (C=O) groups excluding carboxylic acids is 4. The van der Waals surface area contributed by atoms with Gasteiger partial charge in [0, 0.05) is 53.6 Å². The Morgan fingerprint density at radius 2 is 1.64 bits per heavy atom. The fourth-order valence-corrected chi connectivity index (χ4v) is 10.1. The van der Waals surface area contributed by atoms with Gasteiger partial charge >= 0.3 is 0 Å². The van der Waals surface area contributed by atoms with Gasteiger partial charge in [0.1, 0.15) is 23.4 Å². The molecule has 3 aliphatic rings. The summed E-state index contributed by atoms with van der Waals surface area (Å²) in [5, 5.41) is 5.84. The quantitative estimate of drug-likeness (QED) is 0.111. The molecule has 354 valence electrons. The Kier molecular flexibility index (Phi) is 17.2. The molecule has 13 nitrogen and oxygen atoms in total. The predicted octanol–water partition coefficient (Wildman–Crippen LogP) is 8.23. The second kappa shape index (κ2) is 22.8. The van der Waals surface area contributed by atoms with Crippen LogP contribution in [0, 0.1) is 23.4 Å². The number of nitrogens with one attached hydrogen (secondary N) is 2. The number of anilines is 4. The predicted molar refractivity (Wildman–Crippen MR) is 255 cm³/mol. The Morgan fingerprint density at radius 3 is 2.27 bits per heavy atom. The number of amides is 3. The molecule has 2 unspecified atom stereocenters. The van der Waals surface area contributed by atoms with Crippen LogP contribution in [0.3, 0.4) is 0 Å². The van der Waals surface area contributed by atoms with E-state index in [1.54, 1.807) is 0 Å². The average molecular weight is 930 g/mol. The number of thioether (sulfide) groups is 1. The van der Waals surface area contributed by atoms with Gasteiger partial charge in [-0.05, 0) is 147 Å². The van der Waals surface area contributed by atoms with Gasteiger partial charge in [-0.2, -0.15) is 0 Å². The van der Waals surface area contributed by atoms with Crippen molar-refractivity contribution in [2.24, 2.45) is 5.92 Å². The number of likely N-dealkylation sites (tertiary alicyclic amines) is 2. The van der Waals surface area contributed by atoms with E-state index >= 15 is 8.78 Å². The van der Waals surface area contributed by atoms with Gasteiger partial charge in [-0.25, -0.2) is 23.1 Å². The summed E-state index contributed by atoms with van der Waals surface area (Å²) in [6.45, 7) is 14.1. The molecule has 0 spiro atoms. The zero-order chi connectivity index (χ0) is 47.7. The van der Waals surface area contributed by atoms with Crippen LogP contribution in [0.4, 0.5) is 36.2 Å². The molecule has 0 radical (unpaired) electrons. The number of hydrogen-bond acceptors (Lipinski definition) is 12. The van der Waals surface area contributed by atoms with Gasteiger partial charge in [0.25, 0.3) is 5.91 Å². The zero-order valence-electron chi connectivity index (χ0n) is 38.9. The van der Waals surface area contributed by atoms with E-state index < -0.39 is 35.3 Å². The van der Waals surface area contributed by atoms with Gasteiger partial charge in [0.05, 0.1) is 29.3 Å². The number of rotatable bonds is 15. The first-order valence-corrected chi connectivity index (χ1v) is 23.6. The van der Waals surface area contributed by atoms with Crippen molar-refractivity contribution >= 4 is 59.3 Å². The highest BCUT2D eigenvalue weighted by molar-refractivity contribution is 8.00. The lowest BCUT2D eigenvalue weighted by molar-refractivity contribution is -0.128. The van der Waals surface area contributed by atoms with Crippen molar-refractivity contribution in [3.8, 4) is 11.3 Å². The number of imide groups is 1. The van der Waals surface area contributed by atoms with Crippen LogP contribution >= 0.6 is 11.8 Å². The van der Waals surface area contributed by atoms with Crippen molar-refractivity contribution in [3.05, 3.63) is 89.4 Å². The first kappa shape index (κ1) is 49.9. The first-order chi connectivity index (χ1) is 31.6. The molecule has 3 amide bonds. The molecule has 2 fully saturated rings. The van der Waals surface area contributed by atoms with Crippen molar-refractivity contribution in [3.63, 3.8) is 0 Å². The zero-order valence-corrected chi connectivity index (χ0v) is 39.7. The maximum Gasteiger partial charge on any atom is 0.255 e. The van der Waals surface area contributed by atoms with Crippen LogP contribution < -0.4 is 20.4 Å². The van der Waals surface area contributed by atoms with Crippen LogP contribution in [0.5, 0.6) is 0 Å². The third-order valence-corrected chi connectivity index (χ3v) is 14.1. The lowest BCUT2D eigenvalue weighted by Gasteiger charge is -2.36. The number of aldehydes is 1. The lowest BCUT2D eigenvalue weighted by atomic mass is 9.95. The molecule has 0 aliphatic carbocycles. The second-order valence-electron chi connectivity index (χ2n) is 17.7. The van der Waals surface area contributed by atoms with Gasteiger partial charge in [-0.15, -0.1) is 11.8 Å². The second-order valence-corrected chi connectivity index (χ2v) is 19.0. The first-order valence-electron chi connectivity index (χ1n) is 22.7. The summed E-state index contributed by atoms with van der Waals surface area (Å²) >= 11 is 1.96. The van der Waals surface area contributed by atoms with Gasteiger partial charge in [-0.3, -0.25) is 24.5 Å². The summed E-state index contributed by atoms with van der Waals surface area (Å²) in [5.74, 6) is -1.81. The van der Waals surface area contributed by atoms with E-state index in [2.05, 4.69) is 63.0 Å². The molecular formula is C49H62F3N9O4S. The molecule has 4 aromatic rings. The van der Waals surface area contributed by atoms with Crippen LogP contribution in [0.25, 0.3) is 11.3 Å². The maximum atomic E-state index is 15.4. The standard InChI is InChI=1S/C34H45F2N7S.C15H17FN2O4/c1-22(2)43-23(3)41(5)33-29(35)18-25(19-31(33)43)32-30(36)20-37-34(39-32)38-26-6-8-27(9-7-26)44-28-12-16-42(17-13-28)21-24-10-14-40(4)15-11-24;1-3-4-13(14(21)17-9-20)18(2)15(22)12-7-11(16)6-5-10(12)8-19/h6-9,18-20,22-24,28H,10-17,21H2,1-5H3,(H,37,38,39);5-9,13H,3-4H2,1-2H3,(H,17,20,21). The van der Waals surface area contributed by atoms with Gasteiger partial charge < -0.3 is 29.8 Å². The van der Waals surface area contributed by atoms with E-state index in [1.165, 1.54) is 82.5 Å². The minimum Gasteiger partial charge on any atom is -0.350 e. The fourth-order valence-electron chi connectivity index (χ4n) is 9.02. The van der Waals surface area contributed by atoms with Crippen LogP contribution in [-0.4, -0.2) is 127 Å². The number of nitrogens with zero attached hydrogens (tertiary/aromatic N) is 7. The molecule has 0 saturated carbocycles.